The van der Waals surface area contributed by atoms with Gasteiger partial charge in [0.15, 0.2) is 5.69 Å². The number of amidine groups is 1. The summed E-state index contributed by atoms with van der Waals surface area (Å²) in [4.78, 5) is 20.4. The molecule has 0 bridgehead atoms. The highest BCUT2D eigenvalue weighted by Crippen LogP contribution is 2.41. The molecular formula is C20H20F4N4O3. The molecule has 3 rings (SSSR count). The van der Waals surface area contributed by atoms with Crippen LogP contribution in [0.2, 0.25) is 0 Å². The molecule has 0 saturated heterocycles. The normalized spacial score (nSPS) is 23.8. The molecule has 2 atom stereocenters. The molecule has 0 spiro atoms. The van der Waals surface area contributed by atoms with E-state index in [0.29, 0.717) is 0 Å². The number of rotatable bonds is 4. The van der Waals surface area contributed by atoms with Crippen LogP contribution >= 0.6 is 0 Å². The summed E-state index contributed by atoms with van der Waals surface area (Å²) in [7, 11) is 1.38. The minimum atomic E-state index is -4.79. The molecule has 31 heavy (non-hydrogen) atoms. The van der Waals surface area contributed by atoms with Gasteiger partial charge in [0.2, 0.25) is 5.60 Å². The van der Waals surface area contributed by atoms with Crippen molar-refractivity contribution < 1.29 is 31.8 Å². The van der Waals surface area contributed by atoms with Crippen molar-refractivity contribution in [1.82, 2.24) is 4.98 Å². The van der Waals surface area contributed by atoms with Gasteiger partial charge in [-0.1, -0.05) is 0 Å². The monoisotopic (exact) mass is 440 g/mol. The van der Waals surface area contributed by atoms with Crippen LogP contribution in [0.5, 0.6) is 5.75 Å². The first-order valence-electron chi connectivity index (χ1n) is 9.08. The number of hydrogen-bond acceptors (Lipinski definition) is 6. The standard InChI is InChI=1S/C20H20F4N4O3/c1-18(10-31-19(2,17(25)28-18)20(22,23)24)12-9-11(6-7-13(12)21)27-16(29)15-14(30-3)5-4-8-26-15/h4-9H,10H2,1-3H3,(H2,25,28)(H,27,29). The minimum absolute atomic E-state index is 0.00583. The third-order valence-electron chi connectivity index (χ3n) is 5.05. The number of nitrogens with one attached hydrogen (secondary N) is 1. The Kier molecular flexibility index (Phi) is 5.66. The number of halogens is 4. The summed E-state index contributed by atoms with van der Waals surface area (Å²) in [5.74, 6) is -1.95. The number of benzene rings is 1. The average molecular weight is 440 g/mol. The van der Waals surface area contributed by atoms with E-state index in [9.17, 15) is 22.4 Å². The lowest BCUT2D eigenvalue weighted by atomic mass is 9.89. The number of alkyl halides is 3. The number of nitrogens with zero attached hydrogens (tertiary/aromatic N) is 2. The minimum Gasteiger partial charge on any atom is -0.494 e. The van der Waals surface area contributed by atoms with E-state index in [0.717, 1.165) is 13.0 Å². The molecule has 166 valence electrons. The molecule has 11 heteroatoms. The predicted octanol–water partition coefficient (Wildman–Crippen LogP) is 3.41. The lowest BCUT2D eigenvalue weighted by Crippen LogP contribution is -2.60. The Labute approximate surface area is 175 Å². The van der Waals surface area contributed by atoms with Crippen LogP contribution in [0.25, 0.3) is 0 Å². The summed E-state index contributed by atoms with van der Waals surface area (Å²) in [6, 6.07) is 6.76. The van der Waals surface area contributed by atoms with Crippen LogP contribution in [-0.4, -0.2) is 42.2 Å². The average Bonchev–Trinajstić information content (AvgIpc) is 2.71. The van der Waals surface area contributed by atoms with E-state index in [1.54, 1.807) is 12.1 Å². The van der Waals surface area contributed by atoms with E-state index in [1.165, 1.54) is 32.4 Å². The molecule has 0 aliphatic carbocycles. The van der Waals surface area contributed by atoms with E-state index in [-0.39, 0.29) is 22.7 Å². The fraction of sp³-hybridized carbons (Fsp3) is 0.350. The molecule has 7 nitrogen and oxygen atoms in total. The Bertz CT molecular complexity index is 1040. The van der Waals surface area contributed by atoms with Crippen LogP contribution in [0.1, 0.15) is 29.9 Å². The van der Waals surface area contributed by atoms with E-state index in [1.807, 2.05) is 0 Å². The number of carbonyl (C=O) groups is 1. The first kappa shape index (κ1) is 22.5. The topological polar surface area (TPSA) is 98.8 Å². The van der Waals surface area contributed by atoms with E-state index in [4.69, 9.17) is 15.2 Å². The van der Waals surface area contributed by atoms with Gasteiger partial charge < -0.3 is 20.5 Å². The molecule has 0 radical (unpaired) electrons. The van der Waals surface area contributed by atoms with Crippen molar-refractivity contribution in [3.8, 4) is 5.75 Å². The number of pyridine rings is 1. The highest BCUT2D eigenvalue weighted by Gasteiger charge is 2.59. The molecule has 3 N–H and O–H groups in total. The number of anilines is 1. The lowest BCUT2D eigenvalue weighted by Gasteiger charge is -2.41. The number of methoxy groups -OCH3 is 1. The van der Waals surface area contributed by atoms with Gasteiger partial charge in [-0.05, 0) is 44.2 Å². The maximum Gasteiger partial charge on any atom is 0.424 e. The zero-order chi connectivity index (χ0) is 23.0. The van der Waals surface area contributed by atoms with Crippen LogP contribution in [-0.2, 0) is 10.3 Å². The van der Waals surface area contributed by atoms with Crippen LogP contribution < -0.4 is 15.8 Å². The summed E-state index contributed by atoms with van der Waals surface area (Å²) in [5, 5.41) is 2.56. The summed E-state index contributed by atoms with van der Waals surface area (Å²) >= 11 is 0. The third kappa shape index (κ3) is 4.05. The zero-order valence-corrected chi connectivity index (χ0v) is 16.9. The number of amides is 1. The second-order valence-corrected chi connectivity index (χ2v) is 7.29. The molecule has 1 amide bonds. The van der Waals surface area contributed by atoms with E-state index < -0.39 is 41.5 Å². The number of hydrogen-bond donors (Lipinski definition) is 2. The Morgan fingerprint density at radius 1 is 1.29 bits per heavy atom. The van der Waals surface area contributed by atoms with Gasteiger partial charge in [-0.15, -0.1) is 0 Å². The Morgan fingerprint density at radius 3 is 2.61 bits per heavy atom. The van der Waals surface area contributed by atoms with Crippen molar-refractivity contribution in [2.24, 2.45) is 10.7 Å². The third-order valence-corrected chi connectivity index (χ3v) is 5.05. The summed E-state index contributed by atoms with van der Waals surface area (Å²) < 4.78 is 64.7. The number of ether oxygens (including phenoxy) is 2. The van der Waals surface area contributed by atoms with Crippen molar-refractivity contribution in [2.75, 3.05) is 19.0 Å². The Hall–Kier alpha value is -3.21. The maximum atomic E-state index is 14.6. The molecule has 2 aromatic rings. The first-order valence-corrected chi connectivity index (χ1v) is 9.08. The quantitative estimate of drug-likeness (QED) is 0.710. The van der Waals surface area contributed by atoms with Gasteiger partial charge >= 0.3 is 6.18 Å². The van der Waals surface area contributed by atoms with Crippen LogP contribution in [0.3, 0.4) is 0 Å². The SMILES string of the molecule is COc1cccnc1C(=O)Nc1ccc(F)c(C2(C)COC(C)(C(F)(F)F)C(N)=N2)c1. The van der Waals surface area contributed by atoms with Crippen LogP contribution in [0.15, 0.2) is 41.5 Å². The molecule has 2 unspecified atom stereocenters. The molecule has 1 aromatic carbocycles. The van der Waals surface area contributed by atoms with Crippen molar-refractivity contribution >= 4 is 17.4 Å². The number of nitrogens with two attached hydrogens (primary N) is 1. The largest absolute Gasteiger partial charge is 0.494 e. The van der Waals surface area contributed by atoms with Gasteiger partial charge in [-0.25, -0.2) is 9.37 Å². The molecule has 1 aromatic heterocycles. The van der Waals surface area contributed by atoms with Gasteiger partial charge in [0, 0.05) is 17.4 Å². The second kappa shape index (κ2) is 7.80. The fourth-order valence-electron chi connectivity index (χ4n) is 3.06. The van der Waals surface area contributed by atoms with Gasteiger partial charge in [0.1, 0.15) is 22.9 Å². The fourth-order valence-corrected chi connectivity index (χ4v) is 3.06. The van der Waals surface area contributed by atoms with Gasteiger partial charge in [0.05, 0.1) is 13.7 Å². The summed E-state index contributed by atoms with van der Waals surface area (Å²) in [5.41, 5.74) is 1.35. The molecular weight excluding hydrogens is 420 g/mol. The summed E-state index contributed by atoms with van der Waals surface area (Å²) in [6.07, 6.45) is -3.39. The van der Waals surface area contributed by atoms with E-state index in [2.05, 4.69) is 15.3 Å². The maximum absolute atomic E-state index is 14.6. The zero-order valence-electron chi connectivity index (χ0n) is 16.9. The molecule has 2 heterocycles. The Balaban J connectivity index is 1.94. The van der Waals surface area contributed by atoms with Gasteiger partial charge in [-0.2, -0.15) is 13.2 Å². The number of aromatic nitrogens is 1. The van der Waals surface area contributed by atoms with Crippen LogP contribution in [0, 0.1) is 5.82 Å². The molecule has 0 fully saturated rings. The predicted molar refractivity (Wildman–Crippen MR) is 105 cm³/mol. The smallest absolute Gasteiger partial charge is 0.424 e. The molecule has 0 saturated carbocycles. The Morgan fingerprint density at radius 2 is 2.00 bits per heavy atom. The van der Waals surface area contributed by atoms with Crippen molar-refractivity contribution in [3.63, 3.8) is 0 Å². The molecule has 1 aliphatic rings. The van der Waals surface area contributed by atoms with Crippen molar-refractivity contribution in [2.45, 2.75) is 31.2 Å². The van der Waals surface area contributed by atoms with Crippen molar-refractivity contribution in [3.05, 3.63) is 53.6 Å². The number of aliphatic imine (C=N–C) groups is 1. The second-order valence-electron chi connectivity index (χ2n) is 7.29. The van der Waals surface area contributed by atoms with Crippen molar-refractivity contribution in [1.29, 1.82) is 0 Å². The van der Waals surface area contributed by atoms with Gasteiger partial charge in [-0.3, -0.25) is 9.79 Å². The number of carbonyl (C=O) groups excluding carboxylic acids is 1. The highest BCUT2D eigenvalue weighted by atomic mass is 19.4. The van der Waals surface area contributed by atoms with E-state index >= 15 is 0 Å². The first-order chi connectivity index (χ1) is 14.4. The summed E-state index contributed by atoms with van der Waals surface area (Å²) in [6.45, 7) is 1.58. The molecule has 1 aliphatic heterocycles. The van der Waals surface area contributed by atoms with Crippen LogP contribution in [0.4, 0.5) is 23.2 Å². The lowest BCUT2D eigenvalue weighted by molar-refractivity contribution is -0.249. The highest BCUT2D eigenvalue weighted by molar-refractivity contribution is 6.04. The van der Waals surface area contributed by atoms with Gasteiger partial charge in [0.25, 0.3) is 5.91 Å².